The molecule has 1 aliphatic carbocycles. The molecule has 2 aliphatic rings. The first-order valence-electron chi connectivity index (χ1n) is 8.50. The molecule has 25 heavy (non-hydrogen) atoms. The van der Waals surface area contributed by atoms with Gasteiger partial charge in [-0.2, -0.15) is 0 Å². The van der Waals surface area contributed by atoms with E-state index in [4.69, 9.17) is 4.74 Å². The van der Waals surface area contributed by atoms with Crippen molar-refractivity contribution in [1.29, 1.82) is 0 Å². The molecule has 1 aliphatic heterocycles. The predicted molar refractivity (Wildman–Crippen MR) is 93.2 cm³/mol. The number of benzene rings is 2. The van der Waals surface area contributed by atoms with E-state index < -0.39 is 11.9 Å². The van der Waals surface area contributed by atoms with Gasteiger partial charge in [-0.25, -0.2) is 0 Å². The third-order valence-electron chi connectivity index (χ3n) is 4.80. The average Bonchev–Trinajstić information content (AvgIpc) is 3.38. The molecular formula is C20H19NO4. The number of rotatable bonds is 5. The molecule has 0 saturated heterocycles. The highest BCUT2D eigenvalue weighted by Gasteiger charge is 2.36. The molecule has 5 heteroatoms. The van der Waals surface area contributed by atoms with Crippen LogP contribution in [0.4, 0.5) is 5.69 Å². The topological polar surface area (TPSA) is 66.8 Å². The molecule has 1 heterocycles. The second-order valence-electron chi connectivity index (χ2n) is 6.64. The molecule has 1 saturated carbocycles. The summed E-state index contributed by atoms with van der Waals surface area (Å²) in [6, 6.07) is 14.3. The van der Waals surface area contributed by atoms with Gasteiger partial charge in [-0.05, 0) is 54.7 Å². The molecule has 0 radical (unpaired) electrons. The van der Waals surface area contributed by atoms with Crippen LogP contribution < -0.4 is 9.64 Å². The summed E-state index contributed by atoms with van der Waals surface area (Å²) in [4.78, 5) is 25.9. The first kappa shape index (κ1) is 15.7. The number of hydrogen-bond donors (Lipinski definition) is 1. The van der Waals surface area contributed by atoms with Gasteiger partial charge in [-0.1, -0.05) is 18.2 Å². The van der Waals surface area contributed by atoms with E-state index in [0.29, 0.717) is 22.7 Å². The van der Waals surface area contributed by atoms with Gasteiger partial charge in [0.2, 0.25) is 0 Å². The van der Waals surface area contributed by atoms with E-state index in [0.717, 1.165) is 12.4 Å². The summed E-state index contributed by atoms with van der Waals surface area (Å²) in [5.41, 5.74) is 1.89. The normalized spacial score (nSPS) is 18.7. The summed E-state index contributed by atoms with van der Waals surface area (Å²) in [7, 11) is 0. The first-order valence-corrected chi connectivity index (χ1v) is 8.50. The minimum absolute atomic E-state index is 0.160. The molecule has 0 bridgehead atoms. The number of fused-ring (bicyclic) bond motifs is 1. The van der Waals surface area contributed by atoms with Crippen molar-refractivity contribution in [2.45, 2.75) is 18.8 Å². The smallest absolute Gasteiger partial charge is 0.312 e. The zero-order valence-electron chi connectivity index (χ0n) is 13.7. The van der Waals surface area contributed by atoms with Gasteiger partial charge < -0.3 is 14.7 Å². The zero-order chi connectivity index (χ0) is 17.4. The largest absolute Gasteiger partial charge is 0.493 e. The summed E-state index contributed by atoms with van der Waals surface area (Å²) in [6.45, 7) is 0.889. The molecule has 1 fully saturated rings. The maximum atomic E-state index is 12.9. The van der Waals surface area contributed by atoms with Crippen LogP contribution in [-0.2, 0) is 4.79 Å². The SMILES string of the molecule is O=C(O)[C@@H]1CN(C(=O)c2ccc(OCC3CC3)cc2)c2ccccc21. The Morgan fingerprint density at radius 3 is 2.48 bits per heavy atom. The number of carbonyl (C=O) groups excluding carboxylic acids is 1. The molecule has 2 aromatic carbocycles. The van der Waals surface area contributed by atoms with Gasteiger partial charge in [0.25, 0.3) is 5.91 Å². The molecule has 128 valence electrons. The summed E-state index contributed by atoms with van der Waals surface area (Å²) >= 11 is 0. The maximum Gasteiger partial charge on any atom is 0.312 e. The number of carboxylic acid groups (broad SMARTS) is 1. The fourth-order valence-corrected chi connectivity index (χ4v) is 3.16. The lowest BCUT2D eigenvalue weighted by Gasteiger charge is -2.17. The number of anilines is 1. The van der Waals surface area contributed by atoms with Crippen molar-refractivity contribution in [1.82, 2.24) is 0 Å². The molecule has 0 unspecified atom stereocenters. The molecule has 5 nitrogen and oxygen atoms in total. The Bertz CT molecular complexity index is 811. The molecule has 1 amide bonds. The Hall–Kier alpha value is -2.82. The highest BCUT2D eigenvalue weighted by Crippen LogP contribution is 2.37. The van der Waals surface area contributed by atoms with E-state index in [2.05, 4.69) is 0 Å². The Balaban J connectivity index is 1.53. The maximum absolute atomic E-state index is 12.9. The number of carboxylic acids is 1. The standard InChI is InChI=1S/C20H19NO4/c22-19(14-7-9-15(10-8-14)25-12-13-5-6-13)21-11-17(20(23)24)16-3-1-2-4-18(16)21/h1-4,7-10,13,17H,5-6,11-12H2,(H,23,24)/t17-/m1/s1. The monoisotopic (exact) mass is 337 g/mol. The van der Waals surface area contributed by atoms with Gasteiger partial charge >= 0.3 is 5.97 Å². The summed E-state index contributed by atoms with van der Waals surface area (Å²) in [6.07, 6.45) is 2.46. The van der Waals surface area contributed by atoms with Crippen molar-refractivity contribution in [2.24, 2.45) is 5.92 Å². The Morgan fingerprint density at radius 2 is 1.80 bits per heavy atom. The quantitative estimate of drug-likeness (QED) is 0.909. The highest BCUT2D eigenvalue weighted by molar-refractivity contribution is 6.08. The zero-order valence-corrected chi connectivity index (χ0v) is 13.7. The Morgan fingerprint density at radius 1 is 1.08 bits per heavy atom. The minimum Gasteiger partial charge on any atom is -0.493 e. The van der Waals surface area contributed by atoms with Crippen molar-refractivity contribution < 1.29 is 19.4 Å². The number of amides is 1. The second-order valence-corrected chi connectivity index (χ2v) is 6.64. The first-order chi connectivity index (χ1) is 12.1. The summed E-state index contributed by atoms with van der Waals surface area (Å²) in [5.74, 6) is -0.345. The van der Waals surface area contributed by atoms with Crippen LogP contribution in [-0.4, -0.2) is 30.1 Å². The summed E-state index contributed by atoms with van der Waals surface area (Å²) < 4.78 is 5.69. The lowest BCUT2D eigenvalue weighted by atomic mass is 10.0. The van der Waals surface area contributed by atoms with Gasteiger partial charge in [0.05, 0.1) is 6.61 Å². The number of nitrogens with zero attached hydrogens (tertiary/aromatic N) is 1. The molecule has 4 rings (SSSR count). The number of hydrogen-bond acceptors (Lipinski definition) is 3. The average molecular weight is 337 g/mol. The van der Waals surface area contributed by atoms with Crippen LogP contribution in [0.2, 0.25) is 0 Å². The van der Waals surface area contributed by atoms with E-state index in [9.17, 15) is 14.7 Å². The van der Waals surface area contributed by atoms with Crippen LogP contribution >= 0.6 is 0 Å². The van der Waals surface area contributed by atoms with Gasteiger partial charge in [0, 0.05) is 17.8 Å². The number of aliphatic carboxylic acids is 1. The fraction of sp³-hybridized carbons (Fsp3) is 0.300. The van der Waals surface area contributed by atoms with E-state index in [1.807, 2.05) is 6.07 Å². The number of para-hydroxylation sites is 1. The van der Waals surface area contributed by atoms with E-state index in [-0.39, 0.29) is 12.5 Å². The van der Waals surface area contributed by atoms with Crippen LogP contribution in [0.5, 0.6) is 5.75 Å². The number of ether oxygens (including phenoxy) is 1. The lowest BCUT2D eigenvalue weighted by Crippen LogP contribution is -2.31. The molecular weight excluding hydrogens is 318 g/mol. The van der Waals surface area contributed by atoms with Gasteiger partial charge in [-0.15, -0.1) is 0 Å². The molecule has 2 aromatic rings. The van der Waals surface area contributed by atoms with E-state index >= 15 is 0 Å². The minimum atomic E-state index is -0.911. The molecule has 1 N–H and O–H groups in total. The summed E-state index contributed by atoms with van der Waals surface area (Å²) in [5, 5.41) is 9.42. The van der Waals surface area contributed by atoms with Gasteiger partial charge in [-0.3, -0.25) is 9.59 Å². The van der Waals surface area contributed by atoms with Crippen LogP contribution in [0.25, 0.3) is 0 Å². The van der Waals surface area contributed by atoms with Crippen molar-refractivity contribution in [2.75, 3.05) is 18.1 Å². The van der Waals surface area contributed by atoms with E-state index in [1.165, 1.54) is 12.8 Å². The van der Waals surface area contributed by atoms with Gasteiger partial charge in [0.1, 0.15) is 11.7 Å². The van der Waals surface area contributed by atoms with Crippen molar-refractivity contribution in [3.8, 4) is 5.75 Å². The predicted octanol–water partition coefficient (Wildman–Crippen LogP) is 3.30. The molecule has 0 spiro atoms. The molecule has 0 aromatic heterocycles. The Kier molecular flexibility index (Phi) is 3.92. The van der Waals surface area contributed by atoms with E-state index in [1.54, 1.807) is 47.4 Å². The highest BCUT2D eigenvalue weighted by atomic mass is 16.5. The van der Waals surface area contributed by atoms with Crippen LogP contribution in [0.3, 0.4) is 0 Å². The van der Waals surface area contributed by atoms with Gasteiger partial charge in [0.15, 0.2) is 0 Å². The van der Waals surface area contributed by atoms with Crippen molar-refractivity contribution >= 4 is 17.6 Å². The van der Waals surface area contributed by atoms with Crippen molar-refractivity contribution in [3.05, 3.63) is 59.7 Å². The van der Waals surface area contributed by atoms with Crippen molar-refractivity contribution in [3.63, 3.8) is 0 Å². The van der Waals surface area contributed by atoms with Crippen LogP contribution in [0.15, 0.2) is 48.5 Å². The third kappa shape index (κ3) is 3.09. The fourth-order valence-electron chi connectivity index (χ4n) is 3.16. The Labute approximate surface area is 145 Å². The molecule has 1 atom stereocenters. The third-order valence-corrected chi connectivity index (χ3v) is 4.80. The second kappa shape index (κ2) is 6.24. The van der Waals surface area contributed by atoms with Crippen LogP contribution in [0, 0.1) is 5.92 Å². The van der Waals surface area contributed by atoms with Crippen LogP contribution in [0.1, 0.15) is 34.7 Å². The number of carbonyl (C=O) groups is 2. The lowest BCUT2D eigenvalue weighted by molar-refractivity contribution is -0.138.